The normalized spacial score (nSPS) is 50.0. The van der Waals surface area contributed by atoms with Crippen LogP contribution in [0.3, 0.4) is 0 Å². The summed E-state index contributed by atoms with van der Waals surface area (Å²) in [5.41, 5.74) is 0. The van der Waals surface area contributed by atoms with Gasteiger partial charge in [-0.05, 0) is 58.3 Å². The maximum atomic E-state index is 11.7. The third-order valence-corrected chi connectivity index (χ3v) is 17.5. The van der Waals surface area contributed by atoms with Gasteiger partial charge in [-0.1, -0.05) is 61.8 Å². The van der Waals surface area contributed by atoms with Gasteiger partial charge in [0.05, 0.1) is 42.7 Å². The molecule has 0 aromatic carbocycles. The Morgan fingerprint density at radius 1 is 0.307 bits per heavy atom. The molecule has 0 aromatic rings. The van der Waals surface area contributed by atoms with Crippen molar-refractivity contribution in [2.75, 3.05) is 0 Å². The van der Waals surface area contributed by atoms with Gasteiger partial charge in [0.2, 0.25) is 6.29 Å². The van der Waals surface area contributed by atoms with Gasteiger partial charge in [-0.25, -0.2) is 9.78 Å². The van der Waals surface area contributed by atoms with Gasteiger partial charge in [0.25, 0.3) is 0 Å². The summed E-state index contributed by atoms with van der Waals surface area (Å²) in [7, 11) is 0. The summed E-state index contributed by atoms with van der Waals surface area (Å²) in [6, 6.07) is 0. The number of hydrogen-bond donors (Lipinski definition) is 17. The van der Waals surface area contributed by atoms with Crippen molar-refractivity contribution in [2.45, 2.75) is 341 Å². The van der Waals surface area contributed by atoms with E-state index >= 15 is 0 Å². The van der Waals surface area contributed by atoms with E-state index < -0.39 is 233 Å². The molecule has 15 aliphatic heterocycles. The molecule has 36 atom stereocenters. The summed E-state index contributed by atoms with van der Waals surface area (Å²) >= 11 is 0. The van der Waals surface area contributed by atoms with Crippen LogP contribution in [0.15, 0.2) is 11.5 Å². The highest BCUT2D eigenvalue weighted by molar-refractivity contribution is 5.08. The number of ether oxygens (including phenoxy) is 13. The first-order valence-corrected chi connectivity index (χ1v) is 30.9. The van der Waals surface area contributed by atoms with Crippen LogP contribution in [0.4, 0.5) is 0 Å². The molecule has 6 saturated heterocycles. The third-order valence-electron chi connectivity index (χ3n) is 17.5. The molecule has 0 saturated carbocycles. The molecule has 36 unspecified atom stereocenters. The van der Waals surface area contributed by atoms with Gasteiger partial charge in [-0.2, -0.15) is 0 Å². The smallest absolute Gasteiger partial charge is 0.218 e. The van der Waals surface area contributed by atoms with Gasteiger partial charge >= 0.3 is 0 Å². The van der Waals surface area contributed by atoms with Crippen LogP contribution < -0.4 is 0 Å². The molecular weight excluding hydrogens is 1180 g/mol. The zero-order valence-electron chi connectivity index (χ0n) is 50.9. The minimum Gasteiger partial charge on any atom is -0.506 e. The van der Waals surface area contributed by atoms with Crippen molar-refractivity contribution in [3.8, 4) is 0 Å². The fourth-order valence-corrected chi connectivity index (χ4v) is 12.2. The van der Waals surface area contributed by atoms with Crippen molar-refractivity contribution >= 4 is 0 Å². The average Bonchev–Trinajstić information content (AvgIpc) is 2.29. The first-order chi connectivity index (χ1) is 41.7. The molecule has 514 valence electrons. The van der Waals surface area contributed by atoms with Gasteiger partial charge in [-0.3, -0.25) is 0 Å². The Balaban J connectivity index is 1.19. The van der Waals surface area contributed by atoms with Crippen LogP contribution in [0.2, 0.25) is 0 Å². The number of rotatable bonds is 11. The average molecular weight is 1280 g/mol. The molecule has 0 spiro atoms. The Bertz CT molecular complexity index is 2110. The van der Waals surface area contributed by atoms with E-state index in [2.05, 4.69) is 0 Å². The molecule has 32 nitrogen and oxygen atoms in total. The van der Waals surface area contributed by atoms with Crippen LogP contribution in [0.1, 0.15) is 120 Å². The lowest BCUT2D eigenvalue weighted by atomic mass is 9.93. The maximum Gasteiger partial charge on any atom is 0.218 e. The largest absolute Gasteiger partial charge is 0.506 e. The zero-order valence-corrected chi connectivity index (χ0v) is 50.9. The lowest BCUT2D eigenvalue weighted by molar-refractivity contribution is -0.427. The fraction of sp³-hybridized carbons (Fsp3) is 0.964. The van der Waals surface area contributed by atoms with Crippen molar-refractivity contribution in [1.82, 2.24) is 0 Å². The van der Waals surface area contributed by atoms with E-state index in [0.717, 1.165) is 0 Å². The highest BCUT2D eigenvalue weighted by atomic mass is 17.2. The predicted octanol–water partition coefficient (Wildman–Crippen LogP) is -3.88. The van der Waals surface area contributed by atoms with E-state index in [1.807, 2.05) is 0 Å². The van der Waals surface area contributed by atoms with E-state index in [-0.39, 0.29) is 57.8 Å². The molecule has 0 radical (unpaired) electrons. The molecule has 15 rings (SSSR count). The van der Waals surface area contributed by atoms with Crippen molar-refractivity contribution in [1.29, 1.82) is 0 Å². The maximum absolute atomic E-state index is 11.7. The number of aliphatic hydroxyl groups is 17. The van der Waals surface area contributed by atoms with Crippen LogP contribution >= 0.6 is 0 Å². The van der Waals surface area contributed by atoms with E-state index in [0.29, 0.717) is 0 Å². The van der Waals surface area contributed by atoms with Gasteiger partial charge in [-0.15, -0.1) is 0 Å². The van der Waals surface area contributed by atoms with Crippen LogP contribution in [-0.2, 0) is 71.4 Å². The molecule has 32 heteroatoms. The van der Waals surface area contributed by atoms with E-state index in [1.165, 1.54) is 6.92 Å². The zero-order chi connectivity index (χ0) is 64.9. The predicted molar refractivity (Wildman–Crippen MR) is 291 cm³/mol. The Hall–Kier alpha value is -1.86. The molecule has 15 aliphatic rings. The second-order valence-corrected chi connectivity index (χ2v) is 23.6. The minimum atomic E-state index is -2.44. The summed E-state index contributed by atoms with van der Waals surface area (Å²) in [5.74, 6) is -2.24. The van der Waals surface area contributed by atoms with Gasteiger partial charge < -0.3 is 148 Å². The Kier molecular flexibility index (Phi) is 27.2. The van der Waals surface area contributed by atoms with E-state index in [1.54, 1.807) is 55.4 Å². The lowest BCUT2D eigenvalue weighted by Crippen LogP contribution is -2.67. The van der Waals surface area contributed by atoms with Crippen LogP contribution in [0.5, 0.6) is 0 Å². The Morgan fingerprint density at radius 2 is 0.580 bits per heavy atom. The Labute approximate surface area is 509 Å². The van der Waals surface area contributed by atoms with Gasteiger partial charge in [0.1, 0.15) is 134 Å². The number of aliphatic hydroxyl groups excluding tert-OH is 17. The molecule has 15 heterocycles. The molecular formula is C56H98O32. The summed E-state index contributed by atoms with van der Waals surface area (Å²) in [5, 5.41) is 195. The SMILES string of the molecule is CCCC1OC2OC(CC)C(OOC(CC)C(C(O)C(C)O)OC3OC(CC)C(OC4OC(CC)C(OC5OC(CC)C(OC6OC(CC)C(OC7OC(CC)C(OC(O)C(O)=C1O)C(O)C7O)C(O)C6O)C(O)C5O)C(O)C4O)C(O)C3O)C(O)C2O. The van der Waals surface area contributed by atoms with E-state index in [9.17, 15) is 86.8 Å². The molecule has 88 heavy (non-hydrogen) atoms. The van der Waals surface area contributed by atoms with Crippen molar-refractivity contribution < 1.29 is 158 Å². The molecule has 6 fully saturated rings. The Morgan fingerprint density at radius 3 is 0.875 bits per heavy atom. The summed E-state index contributed by atoms with van der Waals surface area (Å²) in [4.78, 5) is 11.5. The monoisotopic (exact) mass is 1280 g/mol. The molecule has 0 aromatic heterocycles. The van der Waals surface area contributed by atoms with Gasteiger partial charge in [0.15, 0.2) is 49.3 Å². The molecule has 17 N–H and O–H groups in total. The minimum absolute atomic E-state index is 0.00145. The summed E-state index contributed by atoms with van der Waals surface area (Å²) < 4.78 is 78.6. The first kappa shape index (κ1) is 73.5. The van der Waals surface area contributed by atoms with Gasteiger partial charge in [0, 0.05) is 0 Å². The third kappa shape index (κ3) is 15.8. The summed E-state index contributed by atoms with van der Waals surface area (Å²) in [6.07, 6.45) is -59.7. The number of hydrogen-bond acceptors (Lipinski definition) is 32. The van der Waals surface area contributed by atoms with E-state index in [4.69, 9.17) is 71.4 Å². The molecule has 0 aliphatic carbocycles. The highest BCUT2D eigenvalue weighted by Crippen LogP contribution is 2.39. The van der Waals surface area contributed by atoms with Crippen LogP contribution in [0, 0.1) is 0 Å². The van der Waals surface area contributed by atoms with Crippen molar-refractivity contribution in [2.24, 2.45) is 0 Å². The number of fused-ring (bicyclic) bond motifs is 2. The molecule has 0 amide bonds. The topological polar surface area (TPSA) is 482 Å². The first-order valence-electron chi connectivity index (χ1n) is 30.9. The highest BCUT2D eigenvalue weighted by Gasteiger charge is 2.58. The quantitative estimate of drug-likeness (QED) is 0.0880. The fourth-order valence-electron chi connectivity index (χ4n) is 12.2. The van der Waals surface area contributed by atoms with Crippen LogP contribution in [-0.4, -0.2) is 308 Å². The van der Waals surface area contributed by atoms with Crippen molar-refractivity contribution in [3.63, 3.8) is 0 Å². The second-order valence-electron chi connectivity index (χ2n) is 23.6. The standard InChI is InChI=1S/C56H98O32/c1-10-18-27-29(59)36(66)50(73)81-43-20(11-2)74-52(37(67)30(43)60)82-44-21(12-3)75-53(38(68)31(44)61)83-45-22(13-4)76-54(39(69)32(45)62)84-46-23(14-5)77-55(40(70)33(46)63)85-47-24(15-6)78-56(41(71)34(47)64)86-48(28(58)19(9)57)26(17-8)87-88-49-25(16-7)79-51(80-27)42(72)35(49)65/h19-28,30-35,37-73H,10-18H2,1-9H3. The summed E-state index contributed by atoms with van der Waals surface area (Å²) in [6.45, 7) is 14.2. The van der Waals surface area contributed by atoms with Crippen molar-refractivity contribution in [3.05, 3.63) is 11.5 Å². The molecule has 12 bridgehead atoms. The lowest BCUT2D eigenvalue weighted by Gasteiger charge is -2.50. The van der Waals surface area contributed by atoms with Crippen LogP contribution in [0.25, 0.3) is 0 Å². The second kappa shape index (κ2) is 32.5.